The number of unbranched alkanes of at least 4 members (excludes halogenated alkanes) is 3. The molecule has 1 aliphatic carbocycles. The molecule has 0 aromatic carbocycles. The van der Waals surface area contributed by atoms with Gasteiger partial charge in [-0.25, -0.2) is 0 Å². The van der Waals surface area contributed by atoms with Crippen LogP contribution in [0, 0.1) is 5.92 Å². The summed E-state index contributed by atoms with van der Waals surface area (Å²) in [4.78, 5) is 0. The number of alkyl halides is 1. The smallest absolute Gasteiger partial charge is 0.0223 e. The summed E-state index contributed by atoms with van der Waals surface area (Å²) in [5.41, 5.74) is 0. The van der Waals surface area contributed by atoms with Crippen molar-refractivity contribution in [1.29, 1.82) is 0 Å². The molecule has 2 atom stereocenters. The van der Waals surface area contributed by atoms with Crippen LogP contribution in [0.4, 0.5) is 0 Å². The average molecular weight is 249 g/mol. The maximum atomic E-state index is 5.65. The fraction of sp³-hybridized carbons (Fsp3) is 1.00. The van der Waals surface area contributed by atoms with Gasteiger partial charge in [0.2, 0.25) is 0 Å². The molecule has 0 saturated heterocycles. The zero-order valence-corrected chi connectivity index (χ0v) is 11.6. The van der Waals surface area contributed by atoms with Crippen molar-refractivity contribution in [2.24, 2.45) is 5.92 Å². The number of hydrogen-bond donors (Lipinski definition) is 0. The number of rotatable bonds is 7. The van der Waals surface area contributed by atoms with Crippen LogP contribution in [0.25, 0.3) is 0 Å². The molecule has 0 amide bonds. The SMILES string of the molecule is CC1CCCC(SCCCCCCCl)C1. The molecule has 1 aliphatic rings. The third-order valence-corrected chi connectivity index (χ3v) is 4.96. The largest absolute Gasteiger partial charge is 0.159 e. The molecule has 0 heterocycles. The first kappa shape index (κ1) is 13.7. The van der Waals surface area contributed by atoms with Crippen LogP contribution in [0.1, 0.15) is 58.3 Å². The minimum absolute atomic E-state index is 0.841. The van der Waals surface area contributed by atoms with E-state index < -0.39 is 0 Å². The molecule has 2 unspecified atom stereocenters. The summed E-state index contributed by atoms with van der Waals surface area (Å²) in [5, 5.41) is 0.974. The van der Waals surface area contributed by atoms with Gasteiger partial charge < -0.3 is 0 Å². The van der Waals surface area contributed by atoms with Crippen LogP contribution < -0.4 is 0 Å². The van der Waals surface area contributed by atoms with Crippen molar-refractivity contribution in [1.82, 2.24) is 0 Å². The predicted molar refractivity (Wildman–Crippen MR) is 73.1 cm³/mol. The lowest BCUT2D eigenvalue weighted by atomic mass is 9.91. The van der Waals surface area contributed by atoms with Gasteiger partial charge in [0, 0.05) is 11.1 Å². The minimum Gasteiger partial charge on any atom is -0.159 e. The van der Waals surface area contributed by atoms with Crippen LogP contribution in [0.15, 0.2) is 0 Å². The molecule has 2 heteroatoms. The van der Waals surface area contributed by atoms with Gasteiger partial charge in [0.15, 0.2) is 0 Å². The first-order valence-electron chi connectivity index (χ1n) is 6.50. The van der Waals surface area contributed by atoms with Crippen LogP contribution in [-0.2, 0) is 0 Å². The highest BCUT2D eigenvalue weighted by Gasteiger charge is 2.18. The van der Waals surface area contributed by atoms with E-state index in [2.05, 4.69) is 18.7 Å². The van der Waals surface area contributed by atoms with Gasteiger partial charge in [-0.1, -0.05) is 32.6 Å². The quantitative estimate of drug-likeness (QED) is 0.446. The van der Waals surface area contributed by atoms with Crippen molar-refractivity contribution < 1.29 is 0 Å². The first-order chi connectivity index (χ1) is 7.33. The van der Waals surface area contributed by atoms with E-state index in [1.54, 1.807) is 0 Å². The van der Waals surface area contributed by atoms with Gasteiger partial charge >= 0.3 is 0 Å². The Bertz CT molecular complexity index is 149. The highest BCUT2D eigenvalue weighted by atomic mass is 35.5. The van der Waals surface area contributed by atoms with Crippen molar-refractivity contribution >= 4 is 23.4 Å². The minimum atomic E-state index is 0.841. The molecule has 0 radical (unpaired) electrons. The third kappa shape index (κ3) is 6.73. The Morgan fingerprint density at radius 1 is 1.13 bits per heavy atom. The molecule has 15 heavy (non-hydrogen) atoms. The highest BCUT2D eigenvalue weighted by Crippen LogP contribution is 2.32. The molecule has 0 nitrogen and oxygen atoms in total. The molecular formula is C13H25ClS. The average Bonchev–Trinajstić information content (AvgIpc) is 2.23. The van der Waals surface area contributed by atoms with Crippen molar-refractivity contribution in [3.63, 3.8) is 0 Å². The van der Waals surface area contributed by atoms with Gasteiger partial charge in [0.05, 0.1) is 0 Å². The maximum Gasteiger partial charge on any atom is 0.0223 e. The Balaban J connectivity index is 1.90. The second-order valence-electron chi connectivity index (χ2n) is 4.87. The van der Waals surface area contributed by atoms with E-state index >= 15 is 0 Å². The van der Waals surface area contributed by atoms with Crippen molar-refractivity contribution in [3.05, 3.63) is 0 Å². The van der Waals surface area contributed by atoms with E-state index in [1.165, 1.54) is 57.1 Å². The van der Waals surface area contributed by atoms with Gasteiger partial charge in [-0.05, 0) is 37.4 Å². The van der Waals surface area contributed by atoms with E-state index in [0.717, 1.165) is 17.0 Å². The molecule has 1 saturated carbocycles. The lowest BCUT2D eigenvalue weighted by molar-refractivity contribution is 0.394. The Morgan fingerprint density at radius 3 is 2.67 bits per heavy atom. The zero-order chi connectivity index (χ0) is 10.9. The van der Waals surface area contributed by atoms with Gasteiger partial charge in [0.25, 0.3) is 0 Å². The van der Waals surface area contributed by atoms with E-state index in [-0.39, 0.29) is 0 Å². The van der Waals surface area contributed by atoms with Gasteiger partial charge in [0.1, 0.15) is 0 Å². The van der Waals surface area contributed by atoms with Gasteiger partial charge in [-0.2, -0.15) is 11.8 Å². The van der Waals surface area contributed by atoms with Crippen molar-refractivity contribution in [2.75, 3.05) is 11.6 Å². The number of halogens is 1. The van der Waals surface area contributed by atoms with Crippen LogP contribution in [0.3, 0.4) is 0 Å². The van der Waals surface area contributed by atoms with Crippen LogP contribution >= 0.6 is 23.4 Å². The fourth-order valence-corrected chi connectivity index (χ4v) is 4.02. The zero-order valence-electron chi connectivity index (χ0n) is 10.0. The Kier molecular flexibility index (Phi) is 8.00. The first-order valence-corrected chi connectivity index (χ1v) is 8.09. The summed E-state index contributed by atoms with van der Waals surface area (Å²) < 4.78 is 0. The maximum absolute atomic E-state index is 5.65. The molecular weight excluding hydrogens is 224 g/mol. The summed E-state index contributed by atoms with van der Waals surface area (Å²) in [6, 6.07) is 0. The molecule has 0 aromatic rings. The van der Waals surface area contributed by atoms with E-state index in [4.69, 9.17) is 11.6 Å². The third-order valence-electron chi connectivity index (χ3n) is 3.27. The number of thioether (sulfide) groups is 1. The Morgan fingerprint density at radius 2 is 1.93 bits per heavy atom. The second kappa shape index (κ2) is 8.75. The molecule has 0 bridgehead atoms. The molecule has 0 aliphatic heterocycles. The molecule has 1 rings (SSSR count). The highest BCUT2D eigenvalue weighted by molar-refractivity contribution is 7.99. The summed E-state index contributed by atoms with van der Waals surface area (Å²) in [5.74, 6) is 3.19. The van der Waals surface area contributed by atoms with Crippen LogP contribution in [-0.4, -0.2) is 16.9 Å². The normalized spacial score (nSPS) is 26.8. The van der Waals surface area contributed by atoms with E-state index in [0.29, 0.717) is 0 Å². The van der Waals surface area contributed by atoms with E-state index in [9.17, 15) is 0 Å². The Hall–Kier alpha value is 0.640. The van der Waals surface area contributed by atoms with Crippen molar-refractivity contribution in [2.45, 2.75) is 63.5 Å². The topological polar surface area (TPSA) is 0 Å². The fourth-order valence-electron chi connectivity index (χ4n) is 2.33. The van der Waals surface area contributed by atoms with Crippen LogP contribution in [0.5, 0.6) is 0 Å². The molecule has 0 aromatic heterocycles. The molecule has 0 N–H and O–H groups in total. The van der Waals surface area contributed by atoms with E-state index in [1.807, 2.05) is 0 Å². The van der Waals surface area contributed by atoms with Crippen molar-refractivity contribution in [3.8, 4) is 0 Å². The lowest BCUT2D eigenvalue weighted by Gasteiger charge is -2.26. The van der Waals surface area contributed by atoms with Gasteiger partial charge in [-0.15, -0.1) is 11.6 Å². The Labute approximate surface area is 105 Å². The summed E-state index contributed by atoms with van der Waals surface area (Å²) in [7, 11) is 0. The molecule has 0 spiro atoms. The predicted octanol–water partition coefficient (Wildman–Crippen LogP) is 5.10. The molecule has 90 valence electrons. The number of hydrogen-bond acceptors (Lipinski definition) is 1. The summed E-state index contributed by atoms with van der Waals surface area (Å²) in [6.45, 7) is 2.41. The van der Waals surface area contributed by atoms with Crippen LogP contribution in [0.2, 0.25) is 0 Å². The standard InChI is InChI=1S/C13H25ClS/c1-12-7-6-8-13(11-12)15-10-5-3-2-4-9-14/h12-13H,2-11H2,1H3. The van der Waals surface area contributed by atoms with Gasteiger partial charge in [-0.3, -0.25) is 0 Å². The monoisotopic (exact) mass is 248 g/mol. The summed E-state index contributed by atoms with van der Waals surface area (Å²) >= 11 is 7.87. The molecule has 1 fully saturated rings. The summed E-state index contributed by atoms with van der Waals surface area (Å²) in [6.07, 6.45) is 11.2. The second-order valence-corrected chi connectivity index (χ2v) is 6.65. The lowest BCUT2D eigenvalue weighted by Crippen LogP contribution is -2.15.